The van der Waals surface area contributed by atoms with Crippen molar-refractivity contribution in [1.82, 2.24) is 19.6 Å². The topological polar surface area (TPSA) is 61.6 Å². The first-order valence-electron chi connectivity index (χ1n) is 9.77. The van der Waals surface area contributed by atoms with Gasteiger partial charge >= 0.3 is 0 Å². The number of carbonyl (C=O) groups is 1. The van der Waals surface area contributed by atoms with Crippen LogP contribution < -0.4 is 0 Å². The van der Waals surface area contributed by atoms with Gasteiger partial charge in [0.15, 0.2) is 0 Å². The van der Waals surface area contributed by atoms with Crippen LogP contribution in [0.2, 0.25) is 0 Å². The fourth-order valence-corrected chi connectivity index (χ4v) is 3.64. The van der Waals surface area contributed by atoms with Crippen LogP contribution in [0, 0.1) is 13.8 Å². The number of carbonyl (C=O) groups excluding carboxylic acids is 1. The van der Waals surface area contributed by atoms with Crippen LogP contribution in [0.5, 0.6) is 0 Å². The number of aryl methyl sites for hydroxylation is 1. The molecule has 0 aliphatic carbocycles. The van der Waals surface area contributed by atoms with Crippen LogP contribution in [-0.2, 0) is 6.54 Å². The third kappa shape index (κ3) is 4.57. The molecule has 1 N–H and O–H groups in total. The maximum Gasteiger partial charge on any atom is 0.257 e. The first-order chi connectivity index (χ1) is 13.0. The van der Waals surface area contributed by atoms with Crippen molar-refractivity contribution in [2.45, 2.75) is 39.8 Å². The van der Waals surface area contributed by atoms with Crippen molar-refractivity contribution in [1.29, 1.82) is 0 Å². The Balaban J connectivity index is 1.67. The Morgan fingerprint density at radius 1 is 1.15 bits per heavy atom. The standard InChI is InChI=1S/C21H30N4O2/c1-4-19(26)15-23-10-12-24(13-11-23)21(27)20-16(2)22-25(17(20)3)14-18-8-6-5-7-9-18/h5-9,19,26H,4,10-15H2,1-3H3. The maximum absolute atomic E-state index is 13.1. The summed E-state index contributed by atoms with van der Waals surface area (Å²) in [6.45, 7) is 10.2. The number of hydrogen-bond acceptors (Lipinski definition) is 4. The number of aliphatic hydroxyl groups is 1. The van der Waals surface area contributed by atoms with Crippen LogP contribution in [0.3, 0.4) is 0 Å². The number of rotatable bonds is 6. The number of amides is 1. The molecule has 1 fully saturated rings. The van der Waals surface area contributed by atoms with Gasteiger partial charge in [-0.05, 0) is 25.8 Å². The summed E-state index contributed by atoms with van der Waals surface area (Å²) in [5.74, 6) is 0.0694. The molecule has 27 heavy (non-hydrogen) atoms. The van der Waals surface area contributed by atoms with Crippen molar-refractivity contribution < 1.29 is 9.90 Å². The van der Waals surface area contributed by atoms with Gasteiger partial charge in [0, 0.05) is 38.4 Å². The van der Waals surface area contributed by atoms with E-state index in [-0.39, 0.29) is 12.0 Å². The molecular weight excluding hydrogens is 340 g/mol. The van der Waals surface area contributed by atoms with Gasteiger partial charge in [0.25, 0.3) is 5.91 Å². The van der Waals surface area contributed by atoms with Crippen LogP contribution in [0.4, 0.5) is 0 Å². The number of piperazine rings is 1. The van der Waals surface area contributed by atoms with Crippen LogP contribution in [0.15, 0.2) is 30.3 Å². The smallest absolute Gasteiger partial charge is 0.257 e. The second kappa shape index (κ2) is 8.67. The summed E-state index contributed by atoms with van der Waals surface area (Å²) in [7, 11) is 0. The van der Waals surface area contributed by atoms with Crippen molar-refractivity contribution in [3.05, 3.63) is 52.8 Å². The Labute approximate surface area is 161 Å². The van der Waals surface area contributed by atoms with Crippen LogP contribution in [-0.4, -0.2) is 69.4 Å². The van der Waals surface area contributed by atoms with E-state index in [0.29, 0.717) is 26.2 Å². The molecule has 0 radical (unpaired) electrons. The van der Waals surface area contributed by atoms with Crippen LogP contribution in [0.1, 0.15) is 40.7 Å². The van der Waals surface area contributed by atoms with E-state index in [1.165, 1.54) is 5.56 Å². The number of aromatic nitrogens is 2. The van der Waals surface area contributed by atoms with Gasteiger partial charge in [0.05, 0.1) is 23.9 Å². The predicted molar refractivity (Wildman–Crippen MR) is 106 cm³/mol. The molecule has 2 aromatic rings. The minimum Gasteiger partial charge on any atom is -0.392 e. The molecule has 1 aromatic heterocycles. The van der Waals surface area contributed by atoms with Gasteiger partial charge in [-0.2, -0.15) is 5.10 Å². The van der Waals surface area contributed by atoms with Gasteiger partial charge in [0.2, 0.25) is 0 Å². The zero-order chi connectivity index (χ0) is 19.4. The minimum absolute atomic E-state index is 0.0694. The number of hydrogen-bond donors (Lipinski definition) is 1. The molecule has 1 aliphatic heterocycles. The fraction of sp³-hybridized carbons (Fsp3) is 0.524. The van der Waals surface area contributed by atoms with E-state index in [1.54, 1.807) is 0 Å². The first kappa shape index (κ1) is 19.6. The lowest BCUT2D eigenvalue weighted by Crippen LogP contribution is -2.50. The van der Waals surface area contributed by atoms with Gasteiger partial charge in [-0.15, -0.1) is 0 Å². The van der Waals surface area contributed by atoms with E-state index < -0.39 is 0 Å². The van der Waals surface area contributed by atoms with Crippen molar-refractivity contribution in [3.8, 4) is 0 Å². The average Bonchev–Trinajstić information content (AvgIpc) is 2.95. The van der Waals surface area contributed by atoms with E-state index in [2.05, 4.69) is 22.1 Å². The molecule has 0 bridgehead atoms. The van der Waals surface area contributed by atoms with Crippen molar-refractivity contribution in [3.63, 3.8) is 0 Å². The van der Waals surface area contributed by atoms with Gasteiger partial charge in [0.1, 0.15) is 0 Å². The summed E-state index contributed by atoms with van der Waals surface area (Å²) in [4.78, 5) is 17.2. The van der Waals surface area contributed by atoms with E-state index in [1.807, 2.05) is 48.6 Å². The van der Waals surface area contributed by atoms with Crippen molar-refractivity contribution in [2.75, 3.05) is 32.7 Å². The monoisotopic (exact) mass is 370 g/mol. The lowest BCUT2D eigenvalue weighted by molar-refractivity contribution is 0.0522. The van der Waals surface area contributed by atoms with E-state index in [0.717, 1.165) is 36.5 Å². The number of benzene rings is 1. The molecule has 1 aliphatic rings. The van der Waals surface area contributed by atoms with E-state index in [9.17, 15) is 9.90 Å². The minimum atomic E-state index is -0.284. The number of aliphatic hydroxyl groups excluding tert-OH is 1. The highest BCUT2D eigenvalue weighted by Gasteiger charge is 2.27. The van der Waals surface area contributed by atoms with Gasteiger partial charge < -0.3 is 10.0 Å². The Kier molecular flexibility index (Phi) is 6.29. The maximum atomic E-state index is 13.1. The Morgan fingerprint density at radius 3 is 2.44 bits per heavy atom. The van der Waals surface area contributed by atoms with Gasteiger partial charge in [-0.1, -0.05) is 37.3 Å². The Hall–Kier alpha value is -2.18. The highest BCUT2D eigenvalue weighted by molar-refractivity contribution is 5.96. The lowest BCUT2D eigenvalue weighted by atomic mass is 10.1. The summed E-state index contributed by atoms with van der Waals surface area (Å²) in [6, 6.07) is 10.2. The zero-order valence-corrected chi connectivity index (χ0v) is 16.6. The lowest BCUT2D eigenvalue weighted by Gasteiger charge is -2.35. The predicted octanol–water partition coefficient (Wildman–Crippen LogP) is 2.08. The summed E-state index contributed by atoms with van der Waals surface area (Å²) in [6.07, 6.45) is 0.478. The summed E-state index contributed by atoms with van der Waals surface area (Å²) >= 11 is 0. The van der Waals surface area contributed by atoms with Crippen molar-refractivity contribution >= 4 is 5.91 Å². The molecule has 0 spiro atoms. The highest BCUT2D eigenvalue weighted by atomic mass is 16.3. The Bertz CT molecular complexity index is 764. The molecule has 1 amide bonds. The van der Waals surface area contributed by atoms with Gasteiger partial charge in [-0.25, -0.2) is 0 Å². The number of nitrogens with zero attached hydrogens (tertiary/aromatic N) is 4. The largest absolute Gasteiger partial charge is 0.392 e. The van der Waals surface area contributed by atoms with Crippen LogP contribution >= 0.6 is 0 Å². The van der Waals surface area contributed by atoms with Gasteiger partial charge in [-0.3, -0.25) is 14.4 Å². The normalized spacial score (nSPS) is 16.5. The molecule has 2 heterocycles. The highest BCUT2D eigenvalue weighted by Crippen LogP contribution is 2.18. The molecule has 0 saturated carbocycles. The quantitative estimate of drug-likeness (QED) is 0.846. The SMILES string of the molecule is CCC(O)CN1CCN(C(=O)c2c(C)nn(Cc3ccccc3)c2C)CC1. The molecular formula is C21H30N4O2. The van der Waals surface area contributed by atoms with Crippen molar-refractivity contribution in [2.24, 2.45) is 0 Å². The van der Waals surface area contributed by atoms with E-state index in [4.69, 9.17) is 0 Å². The van der Waals surface area contributed by atoms with E-state index >= 15 is 0 Å². The molecule has 3 rings (SSSR count). The average molecular weight is 370 g/mol. The molecule has 1 atom stereocenters. The second-order valence-electron chi connectivity index (χ2n) is 7.34. The fourth-order valence-electron chi connectivity index (χ4n) is 3.64. The molecule has 6 heteroatoms. The Morgan fingerprint density at radius 2 is 1.81 bits per heavy atom. The number of β-amino-alcohol motifs (C(OH)–C–C–N with tert-alkyl or cyclic N) is 1. The zero-order valence-electron chi connectivity index (χ0n) is 16.6. The molecule has 1 aromatic carbocycles. The molecule has 1 saturated heterocycles. The first-order valence-corrected chi connectivity index (χ1v) is 9.77. The third-order valence-corrected chi connectivity index (χ3v) is 5.37. The van der Waals surface area contributed by atoms with Crippen LogP contribution in [0.25, 0.3) is 0 Å². The summed E-state index contributed by atoms with van der Waals surface area (Å²) in [5.41, 5.74) is 3.61. The summed E-state index contributed by atoms with van der Waals surface area (Å²) < 4.78 is 1.92. The summed E-state index contributed by atoms with van der Waals surface area (Å²) in [5, 5.41) is 14.4. The molecule has 6 nitrogen and oxygen atoms in total. The molecule has 1 unspecified atom stereocenters. The molecule has 146 valence electrons. The second-order valence-corrected chi connectivity index (χ2v) is 7.34. The third-order valence-electron chi connectivity index (χ3n) is 5.37.